The van der Waals surface area contributed by atoms with Gasteiger partial charge in [0.1, 0.15) is 12.1 Å². The Kier molecular flexibility index (Phi) is 4.01. The molecule has 0 aromatic carbocycles. The fraction of sp³-hybridized carbons (Fsp3) is 0.429. The van der Waals surface area contributed by atoms with Gasteiger partial charge in [-0.05, 0) is 6.92 Å². The number of carbonyl (C=O) groups is 1. The molecule has 0 aliphatic carbocycles. The summed E-state index contributed by atoms with van der Waals surface area (Å²) in [7, 11) is 1.58. The molecule has 8 heteroatoms. The van der Waals surface area contributed by atoms with Crippen LogP contribution in [0.2, 0.25) is 0 Å². The Bertz CT molecular complexity index is 671. The van der Waals surface area contributed by atoms with Crippen LogP contribution in [0.25, 0.3) is 0 Å². The molecule has 1 N–H and O–H groups in total. The van der Waals surface area contributed by atoms with Crippen LogP contribution in [-0.4, -0.2) is 46.1 Å². The van der Waals surface area contributed by atoms with Crippen molar-refractivity contribution in [3.05, 3.63) is 29.4 Å². The fourth-order valence-electron chi connectivity index (χ4n) is 2.49. The number of rotatable bonds is 4. The van der Waals surface area contributed by atoms with Crippen molar-refractivity contribution in [2.45, 2.75) is 19.9 Å². The number of hydrogen-bond acceptors (Lipinski definition) is 7. The number of aryl methyl sites for hydroxylation is 1. The summed E-state index contributed by atoms with van der Waals surface area (Å²) in [6.45, 7) is 3.39. The molecular weight excluding hydrogens is 286 g/mol. The molecule has 116 valence electrons. The van der Waals surface area contributed by atoms with Gasteiger partial charge in [-0.1, -0.05) is 5.16 Å². The Morgan fingerprint density at radius 1 is 1.50 bits per heavy atom. The zero-order valence-electron chi connectivity index (χ0n) is 12.5. The largest absolute Gasteiger partial charge is 0.481 e. The Morgan fingerprint density at radius 3 is 3.09 bits per heavy atom. The number of anilines is 1. The van der Waals surface area contributed by atoms with Crippen LogP contribution in [0.1, 0.15) is 17.0 Å². The molecule has 0 saturated heterocycles. The summed E-state index contributed by atoms with van der Waals surface area (Å²) in [6.07, 6.45) is 2.28. The molecule has 1 aliphatic heterocycles. The molecule has 0 bridgehead atoms. The highest BCUT2D eigenvalue weighted by Crippen LogP contribution is 2.23. The Morgan fingerprint density at radius 2 is 2.36 bits per heavy atom. The van der Waals surface area contributed by atoms with Gasteiger partial charge in [0.25, 0.3) is 0 Å². The summed E-state index contributed by atoms with van der Waals surface area (Å²) >= 11 is 0. The van der Waals surface area contributed by atoms with E-state index in [-0.39, 0.29) is 12.5 Å². The Labute approximate surface area is 127 Å². The van der Waals surface area contributed by atoms with E-state index in [0.29, 0.717) is 24.0 Å². The first-order valence-corrected chi connectivity index (χ1v) is 6.98. The predicted octanol–water partition coefficient (Wildman–Crippen LogP) is 0.778. The maximum absolute atomic E-state index is 12.1. The summed E-state index contributed by atoms with van der Waals surface area (Å²) < 4.78 is 10.2. The molecule has 3 rings (SSSR count). The number of fused-ring (bicyclic) bond motifs is 1. The lowest BCUT2D eigenvalue weighted by atomic mass is 10.1. The van der Waals surface area contributed by atoms with Gasteiger partial charge in [0.2, 0.25) is 11.8 Å². The van der Waals surface area contributed by atoms with Crippen LogP contribution >= 0.6 is 0 Å². The normalized spacial score (nSPS) is 14.5. The smallest absolute Gasteiger partial charge is 0.239 e. The second kappa shape index (κ2) is 6.10. The molecule has 8 nitrogen and oxygen atoms in total. The lowest BCUT2D eigenvalue weighted by Crippen LogP contribution is -2.37. The van der Waals surface area contributed by atoms with Crippen LogP contribution in [-0.2, 0) is 17.8 Å². The molecular formula is C14H17N5O3. The van der Waals surface area contributed by atoms with Crippen molar-refractivity contribution in [1.29, 1.82) is 0 Å². The molecule has 22 heavy (non-hydrogen) atoms. The molecule has 1 amide bonds. The number of hydrogen-bond donors (Lipinski definition) is 1. The van der Waals surface area contributed by atoms with Crippen molar-refractivity contribution in [2.24, 2.45) is 0 Å². The van der Waals surface area contributed by atoms with Crippen molar-refractivity contribution in [1.82, 2.24) is 20.0 Å². The van der Waals surface area contributed by atoms with Crippen LogP contribution in [0.5, 0.6) is 5.88 Å². The van der Waals surface area contributed by atoms with Gasteiger partial charge in [-0.15, -0.1) is 0 Å². The molecule has 3 heterocycles. The van der Waals surface area contributed by atoms with Crippen molar-refractivity contribution < 1.29 is 14.1 Å². The van der Waals surface area contributed by atoms with E-state index in [9.17, 15) is 4.79 Å². The van der Waals surface area contributed by atoms with E-state index in [1.807, 2.05) is 4.90 Å². The van der Waals surface area contributed by atoms with Crippen molar-refractivity contribution >= 4 is 11.7 Å². The van der Waals surface area contributed by atoms with Crippen molar-refractivity contribution in [3.8, 4) is 5.88 Å². The lowest BCUT2D eigenvalue weighted by molar-refractivity contribution is -0.117. The van der Waals surface area contributed by atoms with Crippen molar-refractivity contribution in [2.75, 3.05) is 25.5 Å². The number of amides is 1. The molecule has 0 atom stereocenters. The summed E-state index contributed by atoms with van der Waals surface area (Å²) in [5.74, 6) is 1.53. The van der Waals surface area contributed by atoms with E-state index >= 15 is 0 Å². The van der Waals surface area contributed by atoms with Gasteiger partial charge >= 0.3 is 0 Å². The van der Waals surface area contributed by atoms with Gasteiger partial charge in [0.15, 0.2) is 5.82 Å². The third-order valence-corrected chi connectivity index (χ3v) is 3.50. The molecule has 2 aromatic heterocycles. The van der Waals surface area contributed by atoms with Gasteiger partial charge < -0.3 is 14.6 Å². The molecule has 0 fully saturated rings. The first kappa shape index (κ1) is 14.5. The van der Waals surface area contributed by atoms with Crippen LogP contribution in [0, 0.1) is 6.92 Å². The Hall–Kier alpha value is -2.48. The van der Waals surface area contributed by atoms with Gasteiger partial charge in [0.05, 0.1) is 19.3 Å². The summed E-state index contributed by atoms with van der Waals surface area (Å²) in [5, 5.41) is 6.46. The van der Waals surface area contributed by atoms with Crippen molar-refractivity contribution in [3.63, 3.8) is 0 Å². The van der Waals surface area contributed by atoms with Crippen LogP contribution < -0.4 is 10.1 Å². The predicted molar refractivity (Wildman–Crippen MR) is 77.4 cm³/mol. The van der Waals surface area contributed by atoms with Gasteiger partial charge in [-0.2, -0.15) is 0 Å². The summed E-state index contributed by atoms with van der Waals surface area (Å²) in [6, 6.07) is 1.68. The number of ether oxygens (including phenoxy) is 1. The SMILES string of the molecule is COc1ncnc2c1CN(CC(=O)Nc1cc(C)on1)CC2. The third kappa shape index (κ3) is 3.06. The van der Waals surface area contributed by atoms with Gasteiger partial charge in [-0.3, -0.25) is 9.69 Å². The average molecular weight is 303 g/mol. The number of methoxy groups -OCH3 is 1. The molecule has 0 spiro atoms. The molecule has 0 unspecified atom stereocenters. The second-order valence-corrected chi connectivity index (χ2v) is 5.14. The maximum Gasteiger partial charge on any atom is 0.239 e. The van der Waals surface area contributed by atoms with E-state index in [4.69, 9.17) is 9.26 Å². The quantitative estimate of drug-likeness (QED) is 0.892. The van der Waals surface area contributed by atoms with E-state index in [0.717, 1.165) is 24.2 Å². The first-order chi connectivity index (χ1) is 10.7. The first-order valence-electron chi connectivity index (χ1n) is 6.98. The lowest BCUT2D eigenvalue weighted by Gasteiger charge is -2.27. The van der Waals surface area contributed by atoms with E-state index in [1.54, 1.807) is 20.1 Å². The van der Waals surface area contributed by atoms with E-state index in [2.05, 4.69) is 20.4 Å². The van der Waals surface area contributed by atoms with E-state index in [1.165, 1.54) is 6.33 Å². The number of nitrogens with one attached hydrogen (secondary N) is 1. The molecule has 1 aliphatic rings. The average Bonchev–Trinajstić information content (AvgIpc) is 2.91. The zero-order valence-corrected chi connectivity index (χ0v) is 12.5. The maximum atomic E-state index is 12.1. The highest BCUT2D eigenvalue weighted by atomic mass is 16.5. The Balaban J connectivity index is 1.63. The highest BCUT2D eigenvalue weighted by Gasteiger charge is 2.23. The standard InChI is InChI=1S/C14H17N5O3/c1-9-5-12(18-22-9)17-13(20)7-19-4-3-11-10(6-19)14(21-2)16-8-15-11/h5,8H,3-4,6-7H2,1-2H3,(H,17,18,20). The van der Waals surface area contributed by atoms with E-state index < -0.39 is 0 Å². The highest BCUT2D eigenvalue weighted by molar-refractivity contribution is 5.91. The third-order valence-electron chi connectivity index (χ3n) is 3.50. The summed E-state index contributed by atoms with van der Waals surface area (Å²) in [4.78, 5) is 22.5. The number of nitrogens with zero attached hydrogens (tertiary/aromatic N) is 4. The fourth-order valence-corrected chi connectivity index (χ4v) is 2.49. The molecule has 0 radical (unpaired) electrons. The molecule has 2 aromatic rings. The number of carbonyl (C=O) groups excluding carboxylic acids is 1. The minimum absolute atomic E-state index is 0.132. The molecule has 0 saturated carbocycles. The van der Waals surface area contributed by atoms with Crippen LogP contribution in [0.15, 0.2) is 16.9 Å². The minimum Gasteiger partial charge on any atom is -0.481 e. The van der Waals surface area contributed by atoms with Crippen LogP contribution in [0.4, 0.5) is 5.82 Å². The van der Waals surface area contributed by atoms with Gasteiger partial charge in [0, 0.05) is 31.1 Å². The zero-order chi connectivity index (χ0) is 15.5. The second-order valence-electron chi connectivity index (χ2n) is 5.14. The monoisotopic (exact) mass is 303 g/mol. The van der Waals surface area contributed by atoms with Gasteiger partial charge in [-0.25, -0.2) is 9.97 Å². The van der Waals surface area contributed by atoms with Crippen LogP contribution in [0.3, 0.4) is 0 Å². The minimum atomic E-state index is -0.132. The topological polar surface area (TPSA) is 93.4 Å². The number of aromatic nitrogens is 3. The summed E-state index contributed by atoms with van der Waals surface area (Å²) in [5.41, 5.74) is 1.93.